The average molecular weight is 1010 g/mol. The fraction of sp³-hybridized carbons (Fsp3) is 0.868. The van der Waals surface area contributed by atoms with Crippen molar-refractivity contribution >= 4 is 25.7 Å². The minimum atomic E-state index is -5.35. The molecule has 0 aromatic carbocycles. The Kier molecular flexibility index (Phi) is 35.0. The van der Waals surface area contributed by atoms with Gasteiger partial charge in [-0.25, -0.2) is 9.36 Å². The zero-order valence-corrected chi connectivity index (χ0v) is 44.7. The van der Waals surface area contributed by atoms with Gasteiger partial charge in [-0.05, 0) is 32.6 Å². The fourth-order valence-corrected chi connectivity index (χ4v) is 9.89. The smallest absolute Gasteiger partial charge is 0.462 e. The summed E-state index contributed by atoms with van der Waals surface area (Å²) in [4.78, 5) is 89.4. The van der Waals surface area contributed by atoms with Crippen LogP contribution in [0.3, 0.4) is 0 Å². The summed E-state index contributed by atoms with van der Waals surface area (Å²) in [5.41, 5.74) is -1.53. The molecule has 406 valence electrons. The van der Waals surface area contributed by atoms with Gasteiger partial charge in [0.1, 0.15) is 24.4 Å². The normalized spacial score (nSPS) is 18.7. The molecule has 1 amide bonds. The summed E-state index contributed by atoms with van der Waals surface area (Å²) in [6.45, 7) is 7.16. The quantitative estimate of drug-likeness (QED) is 0.0233. The van der Waals surface area contributed by atoms with Gasteiger partial charge in [0.15, 0.2) is 12.3 Å². The van der Waals surface area contributed by atoms with E-state index in [9.17, 15) is 43.4 Å². The highest BCUT2D eigenvalue weighted by Gasteiger charge is 2.52. The number of H-pyrrole nitrogens is 1. The molecule has 1 aromatic rings. The number of aryl methyl sites for hydroxylation is 1. The molecule has 0 bridgehead atoms. The van der Waals surface area contributed by atoms with Crippen LogP contribution < -0.4 is 16.6 Å². The fourth-order valence-electron chi connectivity index (χ4n) is 9.32. The van der Waals surface area contributed by atoms with Gasteiger partial charge >= 0.3 is 25.5 Å². The minimum absolute atomic E-state index is 0.0558. The molecule has 0 saturated carbocycles. The van der Waals surface area contributed by atoms with Gasteiger partial charge in [-0.3, -0.25) is 33.3 Å². The van der Waals surface area contributed by atoms with Crippen molar-refractivity contribution in [2.75, 3.05) is 6.61 Å². The number of nitrogens with zero attached hydrogens (tertiary/aromatic N) is 1. The molecule has 1 aliphatic rings. The Morgan fingerprint density at radius 1 is 0.671 bits per heavy atom. The first-order chi connectivity index (χ1) is 33.7. The zero-order valence-electron chi connectivity index (χ0n) is 43.8. The molecule has 1 saturated heterocycles. The Morgan fingerprint density at radius 2 is 1.10 bits per heavy atom. The molecule has 1 unspecified atom stereocenters. The molecular weight excluding hydrogens is 918 g/mol. The number of aliphatic hydroxyl groups excluding tert-OH is 1. The van der Waals surface area contributed by atoms with E-state index >= 15 is 0 Å². The van der Waals surface area contributed by atoms with E-state index in [4.69, 9.17) is 18.7 Å². The van der Waals surface area contributed by atoms with Gasteiger partial charge in [0.05, 0.1) is 13.0 Å². The molecule has 1 fully saturated rings. The maximum atomic E-state index is 14.3. The number of aromatic nitrogens is 2. The summed E-state index contributed by atoms with van der Waals surface area (Å²) in [6.07, 6.45) is 27.7. The summed E-state index contributed by atoms with van der Waals surface area (Å²) in [5, 5.41) is 13.3. The molecule has 0 radical (unpaired) electrons. The van der Waals surface area contributed by atoms with Crippen molar-refractivity contribution in [1.82, 2.24) is 14.9 Å². The molecule has 16 nitrogen and oxygen atoms in total. The lowest BCUT2D eigenvalue weighted by Crippen LogP contribution is -2.65. The molecule has 6 atom stereocenters. The Hall–Kier alpha value is -2.88. The molecule has 17 heteroatoms. The van der Waals surface area contributed by atoms with Gasteiger partial charge in [-0.2, -0.15) is 0 Å². The summed E-state index contributed by atoms with van der Waals surface area (Å²) in [5.74, 6) is -1.84. The van der Waals surface area contributed by atoms with Crippen molar-refractivity contribution in [3.8, 4) is 0 Å². The number of carbonyl (C=O) groups is 3. The van der Waals surface area contributed by atoms with E-state index in [0.717, 1.165) is 81.6 Å². The van der Waals surface area contributed by atoms with E-state index in [2.05, 4.69) is 31.1 Å². The molecule has 0 spiro atoms. The number of rotatable bonds is 43. The monoisotopic (exact) mass is 1010 g/mol. The summed E-state index contributed by atoms with van der Waals surface area (Å²) >= 11 is 0. The van der Waals surface area contributed by atoms with Crippen LogP contribution in [-0.4, -0.2) is 79.4 Å². The van der Waals surface area contributed by atoms with E-state index in [1.807, 2.05) is 0 Å². The first kappa shape index (κ1) is 63.2. The number of aromatic amines is 1. The number of hydrogen-bond donors (Lipinski definition) is 5. The molecule has 1 aliphatic heterocycles. The Balaban J connectivity index is 2.29. The number of phosphoric ester groups is 1. The SMILES string of the molecule is CCCCCCCCCCCCCC(=O)OC(CCCCCCCCCCC)CC(=O)N[C@@H]1[C@@H](OC(=O)CCCCCCCCCCCCC)[C@H](OP(=O)(O)O)[C@@H](CO)O[C@H]1n1cc(C)c(=O)[nH]c1=O. The van der Waals surface area contributed by atoms with Crippen molar-refractivity contribution in [1.29, 1.82) is 0 Å². The van der Waals surface area contributed by atoms with E-state index < -0.39 is 80.2 Å². The highest BCUT2D eigenvalue weighted by atomic mass is 31.2. The third-order valence-electron chi connectivity index (χ3n) is 13.4. The van der Waals surface area contributed by atoms with Crippen molar-refractivity contribution in [3.05, 3.63) is 32.6 Å². The van der Waals surface area contributed by atoms with Crippen LogP contribution in [0, 0.1) is 6.92 Å². The Morgan fingerprint density at radius 3 is 1.54 bits per heavy atom. The van der Waals surface area contributed by atoms with Crippen LogP contribution in [0.25, 0.3) is 0 Å². The van der Waals surface area contributed by atoms with Gasteiger partial charge in [-0.1, -0.05) is 201 Å². The predicted molar refractivity (Wildman–Crippen MR) is 274 cm³/mol. The van der Waals surface area contributed by atoms with Crippen LogP contribution in [0.4, 0.5) is 0 Å². The van der Waals surface area contributed by atoms with E-state index in [1.165, 1.54) is 116 Å². The molecule has 70 heavy (non-hydrogen) atoms. The lowest BCUT2D eigenvalue weighted by molar-refractivity contribution is -0.225. The highest BCUT2D eigenvalue weighted by Crippen LogP contribution is 2.43. The number of phosphoric acid groups is 1. The van der Waals surface area contributed by atoms with Gasteiger partial charge in [0.25, 0.3) is 5.56 Å². The second-order valence-electron chi connectivity index (χ2n) is 19.8. The van der Waals surface area contributed by atoms with Gasteiger partial charge in [0, 0.05) is 24.6 Å². The number of hydrogen-bond acceptors (Lipinski definition) is 11. The summed E-state index contributed by atoms with van der Waals surface area (Å²) in [7, 11) is -5.35. The minimum Gasteiger partial charge on any atom is -0.462 e. The number of ether oxygens (including phenoxy) is 3. The largest absolute Gasteiger partial charge is 0.470 e. The van der Waals surface area contributed by atoms with Crippen LogP contribution in [-0.2, 0) is 37.7 Å². The lowest BCUT2D eigenvalue weighted by Gasteiger charge is -2.45. The first-order valence-electron chi connectivity index (χ1n) is 27.7. The van der Waals surface area contributed by atoms with Gasteiger partial charge in [-0.15, -0.1) is 0 Å². The molecule has 2 rings (SSSR count). The summed E-state index contributed by atoms with van der Waals surface area (Å²) in [6, 6.07) is -1.54. The maximum Gasteiger partial charge on any atom is 0.470 e. The van der Waals surface area contributed by atoms with Crippen LogP contribution in [0.2, 0.25) is 0 Å². The van der Waals surface area contributed by atoms with Crippen LogP contribution in [0.15, 0.2) is 15.8 Å². The molecular formula is C53H96N3O13P. The third-order valence-corrected chi connectivity index (χ3v) is 13.9. The van der Waals surface area contributed by atoms with Crippen molar-refractivity contribution in [2.24, 2.45) is 0 Å². The van der Waals surface area contributed by atoms with E-state index in [1.54, 1.807) is 0 Å². The van der Waals surface area contributed by atoms with Crippen LogP contribution >= 0.6 is 7.82 Å². The van der Waals surface area contributed by atoms with Crippen LogP contribution in [0.1, 0.15) is 257 Å². The molecule has 5 N–H and O–H groups in total. The average Bonchev–Trinajstić information content (AvgIpc) is 3.31. The first-order valence-corrected chi connectivity index (χ1v) is 29.3. The lowest BCUT2D eigenvalue weighted by atomic mass is 9.94. The molecule has 0 aliphatic carbocycles. The van der Waals surface area contributed by atoms with E-state index in [0.29, 0.717) is 25.7 Å². The maximum absolute atomic E-state index is 14.3. The highest BCUT2D eigenvalue weighted by molar-refractivity contribution is 7.46. The second kappa shape index (κ2) is 38.7. The van der Waals surface area contributed by atoms with Crippen molar-refractivity contribution in [3.63, 3.8) is 0 Å². The number of esters is 2. The number of unbranched alkanes of at least 4 members (excludes halogenated alkanes) is 28. The molecule has 2 heterocycles. The standard InChI is InChI=1S/C53H96N3O13P/c1-5-8-11-14-17-20-22-25-28-31-34-37-46(59)66-43(36-33-30-27-24-19-16-13-10-7-3)39-45(58)54-48-50(68-47(60)38-35-32-29-26-23-21-18-15-12-9-6-2)49(69-70(63,64)65)44(41-57)67-52(48)56-40-42(4)51(61)55-53(56)62/h40,43-44,48-50,52,57H,5-39,41H2,1-4H3,(H,54,58)(H,55,61,62)(H2,63,64,65)/t43?,44-,48-,49-,50-,52-/m1/s1. The summed E-state index contributed by atoms with van der Waals surface area (Å²) < 4.78 is 36.6. The predicted octanol–water partition coefficient (Wildman–Crippen LogP) is 11.2. The Bertz CT molecular complexity index is 1720. The second-order valence-corrected chi connectivity index (χ2v) is 21.0. The van der Waals surface area contributed by atoms with Crippen LogP contribution in [0.5, 0.6) is 0 Å². The number of carbonyl (C=O) groups excluding carboxylic acids is 3. The topological polar surface area (TPSA) is 233 Å². The Labute approximate surface area is 420 Å². The molecule has 1 aromatic heterocycles. The van der Waals surface area contributed by atoms with Gasteiger partial charge < -0.3 is 34.4 Å². The van der Waals surface area contributed by atoms with E-state index in [-0.39, 0.29) is 24.8 Å². The van der Waals surface area contributed by atoms with Crippen molar-refractivity contribution in [2.45, 2.75) is 289 Å². The third kappa shape index (κ3) is 28.4. The number of amides is 1. The number of nitrogens with one attached hydrogen (secondary N) is 2. The zero-order chi connectivity index (χ0) is 51.4. The van der Waals surface area contributed by atoms with Crippen molar-refractivity contribution < 1.29 is 52.6 Å². The van der Waals surface area contributed by atoms with Gasteiger partial charge in [0.2, 0.25) is 5.91 Å². The number of aliphatic hydroxyl groups is 1.